The maximum absolute atomic E-state index is 11.7. The van der Waals surface area contributed by atoms with E-state index in [2.05, 4.69) is 10.6 Å². The van der Waals surface area contributed by atoms with Gasteiger partial charge < -0.3 is 15.7 Å². The fourth-order valence-electron chi connectivity index (χ4n) is 1.58. The van der Waals surface area contributed by atoms with Gasteiger partial charge in [-0.1, -0.05) is 0 Å². The van der Waals surface area contributed by atoms with Crippen molar-refractivity contribution in [1.29, 1.82) is 0 Å². The van der Waals surface area contributed by atoms with Crippen molar-refractivity contribution >= 4 is 23.3 Å². The number of aryl methyl sites for hydroxylation is 1. The van der Waals surface area contributed by atoms with Crippen molar-refractivity contribution in [3.8, 4) is 0 Å². The van der Waals surface area contributed by atoms with E-state index in [1.807, 2.05) is 32.2 Å². The molecule has 0 aliphatic rings. The molecule has 0 aliphatic heterocycles. The molecule has 0 aromatic carbocycles. The molecule has 3 N–H and O–H groups in total. The molecule has 1 heterocycles. The van der Waals surface area contributed by atoms with E-state index in [1.165, 1.54) is 0 Å². The van der Waals surface area contributed by atoms with Crippen LogP contribution in [0.1, 0.15) is 37.1 Å². The third-order valence-corrected chi connectivity index (χ3v) is 3.82. The highest BCUT2D eigenvalue weighted by Crippen LogP contribution is 2.15. The maximum atomic E-state index is 11.7. The molecule has 5 nitrogen and oxygen atoms in total. The number of hydrogen-bond donors (Lipinski definition) is 3. The van der Waals surface area contributed by atoms with E-state index in [9.17, 15) is 9.59 Å². The third kappa shape index (κ3) is 5.74. The minimum Gasteiger partial charge on any atom is -0.481 e. The van der Waals surface area contributed by atoms with E-state index in [0.29, 0.717) is 13.0 Å². The Morgan fingerprint density at radius 2 is 2.11 bits per heavy atom. The molecule has 6 heteroatoms. The number of carboxylic acid groups (broad SMARTS) is 1. The number of aliphatic carboxylic acids is 1. The molecule has 2 amide bonds. The predicted molar refractivity (Wildman–Crippen MR) is 75.4 cm³/mol. The molecule has 0 bridgehead atoms. The van der Waals surface area contributed by atoms with Crippen molar-refractivity contribution in [2.24, 2.45) is 0 Å². The van der Waals surface area contributed by atoms with Crippen molar-refractivity contribution in [2.45, 2.75) is 45.7 Å². The topological polar surface area (TPSA) is 78.4 Å². The first kappa shape index (κ1) is 15.5. The predicted octanol–water partition coefficient (Wildman–Crippen LogP) is 2.50. The van der Waals surface area contributed by atoms with Gasteiger partial charge in [0.15, 0.2) is 0 Å². The molecule has 0 saturated carbocycles. The van der Waals surface area contributed by atoms with Crippen LogP contribution in [0, 0.1) is 6.92 Å². The van der Waals surface area contributed by atoms with Gasteiger partial charge in [0.2, 0.25) is 0 Å². The van der Waals surface area contributed by atoms with Gasteiger partial charge in [0.25, 0.3) is 0 Å². The molecule has 0 aliphatic carbocycles. The van der Waals surface area contributed by atoms with Crippen LogP contribution in [-0.2, 0) is 11.3 Å². The lowest BCUT2D eigenvalue weighted by molar-refractivity contribution is -0.137. The van der Waals surface area contributed by atoms with E-state index < -0.39 is 11.5 Å². The highest BCUT2D eigenvalue weighted by molar-refractivity contribution is 7.10. The summed E-state index contributed by atoms with van der Waals surface area (Å²) in [5.41, 5.74) is 0.628. The number of hydrogen-bond acceptors (Lipinski definition) is 3. The summed E-state index contributed by atoms with van der Waals surface area (Å²) < 4.78 is 0. The Balaban J connectivity index is 2.38. The van der Waals surface area contributed by atoms with Gasteiger partial charge in [0, 0.05) is 16.8 Å². The van der Waals surface area contributed by atoms with Gasteiger partial charge in [-0.2, -0.15) is 0 Å². The SMILES string of the molecule is Cc1ccsc1CNC(=O)NC(C)(C)CCC(=O)O. The first-order chi connectivity index (χ1) is 8.80. The average molecular weight is 284 g/mol. The minimum atomic E-state index is -0.857. The van der Waals surface area contributed by atoms with Crippen LogP contribution in [0.3, 0.4) is 0 Å². The van der Waals surface area contributed by atoms with Gasteiger partial charge in [-0.25, -0.2) is 4.79 Å². The number of carbonyl (C=O) groups is 2. The highest BCUT2D eigenvalue weighted by atomic mass is 32.1. The zero-order valence-electron chi connectivity index (χ0n) is 11.4. The Morgan fingerprint density at radius 3 is 2.63 bits per heavy atom. The molecule has 0 radical (unpaired) electrons. The number of nitrogens with one attached hydrogen (secondary N) is 2. The van der Waals surface area contributed by atoms with E-state index in [0.717, 1.165) is 10.4 Å². The number of carboxylic acids is 1. The number of rotatable bonds is 6. The molecule has 0 unspecified atom stereocenters. The van der Waals surface area contributed by atoms with Crippen LogP contribution in [0.4, 0.5) is 4.79 Å². The molecule has 0 saturated heterocycles. The molecular formula is C13H20N2O3S. The van der Waals surface area contributed by atoms with Gasteiger partial charge in [0.1, 0.15) is 0 Å². The van der Waals surface area contributed by atoms with E-state index in [-0.39, 0.29) is 12.5 Å². The van der Waals surface area contributed by atoms with Crippen LogP contribution in [0.25, 0.3) is 0 Å². The first-order valence-electron chi connectivity index (χ1n) is 6.11. The largest absolute Gasteiger partial charge is 0.481 e. The lowest BCUT2D eigenvalue weighted by Gasteiger charge is -2.25. The average Bonchev–Trinajstić information content (AvgIpc) is 2.69. The van der Waals surface area contributed by atoms with E-state index in [4.69, 9.17) is 5.11 Å². The molecule has 0 fully saturated rings. The van der Waals surface area contributed by atoms with Gasteiger partial charge in [-0.3, -0.25) is 4.79 Å². The smallest absolute Gasteiger partial charge is 0.315 e. The fraction of sp³-hybridized carbons (Fsp3) is 0.538. The summed E-state index contributed by atoms with van der Waals surface area (Å²) in [6.07, 6.45) is 0.436. The Hall–Kier alpha value is -1.56. The molecule has 19 heavy (non-hydrogen) atoms. The second-order valence-corrected chi connectivity index (χ2v) is 6.11. The van der Waals surface area contributed by atoms with E-state index >= 15 is 0 Å². The Morgan fingerprint density at radius 1 is 1.42 bits per heavy atom. The van der Waals surface area contributed by atoms with Gasteiger partial charge >= 0.3 is 12.0 Å². The molecular weight excluding hydrogens is 264 g/mol. The van der Waals surface area contributed by atoms with Crippen molar-refractivity contribution in [3.05, 3.63) is 21.9 Å². The Kier molecular flexibility index (Phi) is 5.35. The zero-order chi connectivity index (χ0) is 14.5. The highest BCUT2D eigenvalue weighted by Gasteiger charge is 2.21. The van der Waals surface area contributed by atoms with Crippen molar-refractivity contribution in [2.75, 3.05) is 0 Å². The summed E-state index contributed by atoms with van der Waals surface area (Å²) in [7, 11) is 0. The number of thiophene rings is 1. The standard InChI is InChI=1S/C13H20N2O3S/c1-9-5-7-19-10(9)8-14-12(18)15-13(2,3)6-4-11(16)17/h5,7H,4,6,8H2,1-3H3,(H,16,17)(H2,14,15,18). The van der Waals surface area contributed by atoms with Gasteiger partial charge in [-0.05, 0) is 44.2 Å². The van der Waals surface area contributed by atoms with Crippen molar-refractivity contribution < 1.29 is 14.7 Å². The van der Waals surface area contributed by atoms with Crippen LogP contribution in [-0.4, -0.2) is 22.6 Å². The molecule has 1 rings (SSSR count). The van der Waals surface area contributed by atoms with Gasteiger partial charge in [0.05, 0.1) is 6.54 Å². The molecule has 0 atom stereocenters. The minimum absolute atomic E-state index is 0.0390. The second kappa shape index (κ2) is 6.56. The summed E-state index contributed by atoms with van der Waals surface area (Å²) in [5.74, 6) is -0.857. The summed E-state index contributed by atoms with van der Waals surface area (Å²) in [6.45, 7) is 6.12. The van der Waals surface area contributed by atoms with Crippen LogP contribution in [0.15, 0.2) is 11.4 Å². The number of carbonyl (C=O) groups excluding carboxylic acids is 1. The van der Waals surface area contributed by atoms with Crippen molar-refractivity contribution in [3.63, 3.8) is 0 Å². The van der Waals surface area contributed by atoms with Crippen LogP contribution in [0.5, 0.6) is 0 Å². The summed E-state index contributed by atoms with van der Waals surface area (Å²) in [6, 6.07) is 1.74. The monoisotopic (exact) mass is 284 g/mol. The second-order valence-electron chi connectivity index (χ2n) is 5.11. The fourth-order valence-corrected chi connectivity index (χ4v) is 2.43. The maximum Gasteiger partial charge on any atom is 0.315 e. The van der Waals surface area contributed by atoms with Crippen molar-refractivity contribution in [1.82, 2.24) is 10.6 Å². The van der Waals surface area contributed by atoms with Crippen LogP contribution >= 0.6 is 11.3 Å². The summed E-state index contributed by atoms with van der Waals surface area (Å²) in [5, 5.41) is 16.2. The molecule has 1 aromatic heterocycles. The van der Waals surface area contributed by atoms with Crippen LogP contribution in [0.2, 0.25) is 0 Å². The van der Waals surface area contributed by atoms with E-state index in [1.54, 1.807) is 11.3 Å². The third-order valence-electron chi connectivity index (χ3n) is 2.79. The molecule has 1 aromatic rings. The summed E-state index contributed by atoms with van der Waals surface area (Å²) in [4.78, 5) is 23.4. The number of urea groups is 1. The molecule has 106 valence electrons. The number of amides is 2. The Bertz CT molecular complexity index is 454. The zero-order valence-corrected chi connectivity index (χ0v) is 12.3. The Labute approximate surface area is 117 Å². The summed E-state index contributed by atoms with van der Waals surface area (Å²) >= 11 is 1.60. The first-order valence-corrected chi connectivity index (χ1v) is 6.99. The van der Waals surface area contributed by atoms with Gasteiger partial charge in [-0.15, -0.1) is 11.3 Å². The quantitative estimate of drug-likeness (QED) is 0.751. The lowest BCUT2D eigenvalue weighted by atomic mass is 9.99. The van der Waals surface area contributed by atoms with Crippen LogP contribution < -0.4 is 10.6 Å². The lowest BCUT2D eigenvalue weighted by Crippen LogP contribution is -2.48. The normalized spacial score (nSPS) is 11.1. The molecule has 0 spiro atoms.